The van der Waals surface area contributed by atoms with Crippen molar-refractivity contribution in [3.05, 3.63) is 78.1 Å². The Labute approximate surface area is 255 Å². The highest BCUT2D eigenvalue weighted by Gasteiger charge is 2.32. The fourth-order valence-corrected chi connectivity index (χ4v) is 7.38. The summed E-state index contributed by atoms with van der Waals surface area (Å²) in [5.41, 5.74) is -2.25. The van der Waals surface area contributed by atoms with Gasteiger partial charge in [-0.1, -0.05) is 0 Å². The average molecular weight is 643 g/mol. The number of alkyl halides is 3. The number of benzene rings is 3. The van der Waals surface area contributed by atoms with Gasteiger partial charge in [0.05, 0.1) is 17.1 Å². The van der Waals surface area contributed by atoms with Crippen molar-refractivity contribution in [2.45, 2.75) is 83.4 Å². The van der Waals surface area contributed by atoms with Crippen LogP contribution in [0.1, 0.15) is 47.1 Å². The van der Waals surface area contributed by atoms with E-state index in [0.29, 0.717) is 15.9 Å². The molecule has 42 heavy (non-hydrogen) atoms. The molecule has 3 aromatic rings. The summed E-state index contributed by atoms with van der Waals surface area (Å²) in [6.07, 6.45) is -4.71. The summed E-state index contributed by atoms with van der Waals surface area (Å²) in [4.78, 5) is 27.4. The zero-order valence-electron chi connectivity index (χ0n) is 24.2. The molecule has 0 amide bonds. The molecule has 0 bridgehead atoms. The van der Waals surface area contributed by atoms with E-state index in [4.69, 9.17) is 9.47 Å². The van der Waals surface area contributed by atoms with Gasteiger partial charge in [-0.2, -0.15) is 24.1 Å². The van der Waals surface area contributed by atoms with E-state index in [2.05, 4.69) is 0 Å². The molecular weight excluding hydrogens is 609 g/mol. The molecule has 11 heteroatoms. The number of carbonyl (C=O) groups is 2. The quantitative estimate of drug-likeness (QED) is 0.109. The van der Waals surface area contributed by atoms with Crippen molar-refractivity contribution < 1.29 is 36.6 Å². The number of ether oxygens (including phenoxy) is 2. The van der Waals surface area contributed by atoms with Crippen LogP contribution in [0, 0.1) is 5.82 Å². The summed E-state index contributed by atoms with van der Waals surface area (Å²) in [7, 11) is -1.57. The highest BCUT2D eigenvalue weighted by atomic mass is 32.2. The molecule has 0 atom stereocenters. The first kappa shape index (κ1) is 33.9. The molecule has 0 aliphatic rings. The van der Waals surface area contributed by atoms with Gasteiger partial charge in [0.2, 0.25) is 0 Å². The Hall–Kier alpha value is -2.63. The predicted molar refractivity (Wildman–Crippen MR) is 161 cm³/mol. The van der Waals surface area contributed by atoms with Gasteiger partial charge in [0.15, 0.2) is 0 Å². The molecule has 0 N–H and O–H groups in total. The van der Waals surface area contributed by atoms with Crippen LogP contribution in [0.15, 0.2) is 91.2 Å². The van der Waals surface area contributed by atoms with Gasteiger partial charge >= 0.3 is 18.1 Å². The molecule has 0 heterocycles. The molecule has 0 spiro atoms. The second-order valence-electron chi connectivity index (χ2n) is 11.3. The van der Waals surface area contributed by atoms with E-state index in [1.807, 2.05) is 0 Å². The second kappa shape index (κ2) is 13.8. The fourth-order valence-electron chi connectivity index (χ4n) is 3.72. The zero-order chi connectivity index (χ0) is 31.3. The van der Waals surface area contributed by atoms with Crippen molar-refractivity contribution in [3.8, 4) is 0 Å². The smallest absolute Gasteiger partial charge is 0.416 e. The maximum atomic E-state index is 14.5. The van der Waals surface area contributed by atoms with Crippen LogP contribution in [0.2, 0.25) is 0 Å². The van der Waals surface area contributed by atoms with Crippen molar-refractivity contribution in [2.75, 3.05) is 11.5 Å². The van der Waals surface area contributed by atoms with Gasteiger partial charge in [-0.25, -0.2) is 4.39 Å². The van der Waals surface area contributed by atoms with E-state index in [9.17, 15) is 27.2 Å². The number of carbonyl (C=O) groups excluding carboxylic acids is 2. The lowest BCUT2D eigenvalue weighted by atomic mass is 10.2. The summed E-state index contributed by atoms with van der Waals surface area (Å²) in [5, 5.41) is 0. The third-order valence-corrected chi connectivity index (χ3v) is 9.59. The molecule has 0 saturated heterocycles. The highest BCUT2D eigenvalue weighted by Crippen LogP contribution is 2.53. The molecule has 0 fully saturated rings. The number of rotatable bonds is 9. The topological polar surface area (TPSA) is 52.6 Å². The molecular formula is C31H34F4O4S3. The molecule has 228 valence electrons. The first-order valence-electron chi connectivity index (χ1n) is 13.0. The number of halogens is 4. The van der Waals surface area contributed by atoms with E-state index in [1.54, 1.807) is 90.1 Å². The third-order valence-electron chi connectivity index (χ3n) is 5.21. The summed E-state index contributed by atoms with van der Waals surface area (Å²) in [6.45, 7) is 10.7. The summed E-state index contributed by atoms with van der Waals surface area (Å²) >= 11 is 2.57. The lowest BCUT2D eigenvalue weighted by Gasteiger charge is -2.25. The lowest BCUT2D eigenvalue weighted by molar-refractivity contribution is -0.152. The third kappa shape index (κ3) is 10.9. The van der Waals surface area contributed by atoms with Crippen molar-refractivity contribution in [3.63, 3.8) is 0 Å². The van der Waals surface area contributed by atoms with Gasteiger partial charge < -0.3 is 9.47 Å². The van der Waals surface area contributed by atoms with Gasteiger partial charge in [0.25, 0.3) is 0 Å². The largest absolute Gasteiger partial charge is 0.459 e. The van der Waals surface area contributed by atoms with E-state index in [-0.39, 0.29) is 28.3 Å². The van der Waals surface area contributed by atoms with Crippen LogP contribution in [0.25, 0.3) is 0 Å². The van der Waals surface area contributed by atoms with Gasteiger partial charge in [0.1, 0.15) is 17.0 Å². The number of esters is 2. The number of thioether (sulfide) groups is 2. The molecule has 0 aromatic heterocycles. The van der Waals surface area contributed by atoms with Crippen molar-refractivity contribution in [1.29, 1.82) is 0 Å². The Morgan fingerprint density at radius 2 is 1.07 bits per heavy atom. The Morgan fingerprint density at radius 1 is 0.667 bits per heavy atom. The van der Waals surface area contributed by atoms with E-state index >= 15 is 0 Å². The molecule has 4 nitrogen and oxygen atoms in total. The molecule has 3 rings (SSSR count). The SMILES string of the molecule is CC(C)(C)OC(=O)CSc1ccc([SH](c2ccc(SCC(=O)OC(C)(C)C)cc2)c2cc(F)cc(C(F)(F)F)c2)cc1. The summed E-state index contributed by atoms with van der Waals surface area (Å²) in [5.74, 6) is -1.48. The molecule has 0 aliphatic carbocycles. The van der Waals surface area contributed by atoms with Crippen molar-refractivity contribution in [2.24, 2.45) is 0 Å². The minimum absolute atomic E-state index is 0.104. The average Bonchev–Trinajstić information content (AvgIpc) is 2.85. The molecule has 3 aromatic carbocycles. The van der Waals surface area contributed by atoms with Gasteiger partial charge in [0, 0.05) is 9.79 Å². The number of thiol groups is 1. The van der Waals surface area contributed by atoms with Crippen LogP contribution in [0.4, 0.5) is 17.6 Å². The van der Waals surface area contributed by atoms with Gasteiger partial charge in [-0.05, 0) is 123 Å². The van der Waals surface area contributed by atoms with Gasteiger partial charge in [-0.3, -0.25) is 9.59 Å². The predicted octanol–water partition coefficient (Wildman–Crippen LogP) is 9.19. The van der Waals surface area contributed by atoms with E-state index < -0.39 is 39.7 Å². The van der Waals surface area contributed by atoms with Crippen molar-refractivity contribution in [1.82, 2.24) is 0 Å². The first-order chi connectivity index (χ1) is 19.4. The molecule has 0 aliphatic heterocycles. The first-order valence-corrected chi connectivity index (χ1v) is 16.3. The van der Waals surface area contributed by atoms with Gasteiger partial charge in [-0.15, -0.1) is 23.5 Å². The van der Waals surface area contributed by atoms with Crippen LogP contribution in [0.3, 0.4) is 0 Å². The van der Waals surface area contributed by atoms with Crippen LogP contribution < -0.4 is 0 Å². The summed E-state index contributed by atoms with van der Waals surface area (Å²) < 4.78 is 65.9. The van der Waals surface area contributed by atoms with Crippen LogP contribution in [-0.2, 0) is 25.2 Å². The van der Waals surface area contributed by atoms with E-state index in [0.717, 1.165) is 21.9 Å². The summed E-state index contributed by atoms with van der Waals surface area (Å²) in [6, 6.07) is 16.9. The molecule has 0 radical (unpaired) electrons. The van der Waals surface area contributed by atoms with Crippen molar-refractivity contribution >= 4 is 46.4 Å². The molecule has 0 unspecified atom stereocenters. The van der Waals surface area contributed by atoms with Crippen LogP contribution in [-0.4, -0.2) is 34.6 Å². The van der Waals surface area contributed by atoms with Crippen LogP contribution >= 0.6 is 34.4 Å². The Kier molecular flexibility index (Phi) is 11.1. The fraction of sp³-hybridized carbons (Fsp3) is 0.355. The Bertz CT molecular complexity index is 1300. The number of hydrogen-bond acceptors (Lipinski definition) is 6. The monoisotopic (exact) mass is 642 g/mol. The minimum atomic E-state index is -4.71. The Balaban J connectivity index is 1.89. The van der Waals surface area contributed by atoms with E-state index in [1.165, 1.54) is 23.5 Å². The van der Waals surface area contributed by atoms with Crippen LogP contribution in [0.5, 0.6) is 0 Å². The minimum Gasteiger partial charge on any atom is -0.459 e. The standard InChI is InChI=1S/C31H34F4O4S3/c1-29(2,3)38-27(36)18-40-22-7-11-24(12-8-22)42(26-16-20(31(33,34)35)15-21(32)17-26)25-13-9-23(10-14-25)41-19-28(37)39-30(4,5)6/h7-17,42H,18-19H2,1-6H3. The zero-order valence-corrected chi connectivity index (χ0v) is 26.7. The Morgan fingerprint density at radius 3 is 1.43 bits per heavy atom. The molecule has 0 saturated carbocycles. The maximum absolute atomic E-state index is 14.5. The second-order valence-corrected chi connectivity index (χ2v) is 15.6. The lowest BCUT2D eigenvalue weighted by Crippen LogP contribution is -2.24. The number of hydrogen-bond donors (Lipinski definition) is 1. The normalized spacial score (nSPS) is 12.6. The highest BCUT2D eigenvalue weighted by molar-refractivity contribution is 8.17. The maximum Gasteiger partial charge on any atom is 0.416 e.